The Morgan fingerprint density at radius 3 is 2.27 bits per heavy atom. The standard InChI is InChI=1S/C6H11NO3S/c7-6(2-8)1-5(6)3-11(9,10)4-5/h8H,1-4,7H2. The van der Waals surface area contributed by atoms with Crippen molar-refractivity contribution in [3.8, 4) is 0 Å². The molecule has 1 spiro atoms. The number of hydrogen-bond donors (Lipinski definition) is 2. The molecule has 1 unspecified atom stereocenters. The summed E-state index contributed by atoms with van der Waals surface area (Å²) < 4.78 is 21.6. The molecule has 2 rings (SSSR count). The van der Waals surface area contributed by atoms with Gasteiger partial charge in [0, 0.05) is 11.0 Å². The van der Waals surface area contributed by atoms with E-state index >= 15 is 0 Å². The monoisotopic (exact) mass is 177 g/mol. The lowest BCUT2D eigenvalue weighted by Crippen LogP contribution is -2.49. The van der Waals surface area contributed by atoms with Crippen LogP contribution in [0.3, 0.4) is 0 Å². The Labute approximate surface area is 65.3 Å². The topological polar surface area (TPSA) is 80.4 Å². The summed E-state index contributed by atoms with van der Waals surface area (Å²) in [6.07, 6.45) is 0.662. The predicted molar refractivity (Wildman–Crippen MR) is 39.7 cm³/mol. The highest BCUT2D eigenvalue weighted by atomic mass is 32.2. The van der Waals surface area contributed by atoms with Crippen molar-refractivity contribution >= 4 is 9.84 Å². The fraction of sp³-hybridized carbons (Fsp3) is 1.00. The molecule has 0 radical (unpaired) electrons. The van der Waals surface area contributed by atoms with Gasteiger partial charge in [0.1, 0.15) is 0 Å². The van der Waals surface area contributed by atoms with Crippen LogP contribution in [0.25, 0.3) is 0 Å². The van der Waals surface area contributed by atoms with E-state index in [9.17, 15) is 8.42 Å². The van der Waals surface area contributed by atoms with Gasteiger partial charge in [0.05, 0.1) is 18.1 Å². The molecule has 0 aromatic carbocycles. The van der Waals surface area contributed by atoms with Gasteiger partial charge in [-0.25, -0.2) is 8.42 Å². The SMILES string of the molecule is NC1(CO)CC12CS(=O)(=O)C2. The second kappa shape index (κ2) is 1.62. The maximum Gasteiger partial charge on any atom is 0.151 e. The average molecular weight is 177 g/mol. The molecule has 1 heterocycles. The van der Waals surface area contributed by atoms with E-state index in [1.807, 2.05) is 0 Å². The molecule has 3 N–H and O–H groups in total. The molecule has 0 bridgehead atoms. The van der Waals surface area contributed by atoms with Crippen molar-refractivity contribution < 1.29 is 13.5 Å². The van der Waals surface area contributed by atoms with Crippen molar-refractivity contribution in [3.05, 3.63) is 0 Å². The Bertz CT molecular complexity index is 285. The van der Waals surface area contributed by atoms with Crippen molar-refractivity contribution in [2.24, 2.45) is 11.1 Å². The highest BCUT2D eigenvalue weighted by Crippen LogP contribution is 2.61. The summed E-state index contributed by atoms with van der Waals surface area (Å²) in [5, 5.41) is 8.82. The lowest BCUT2D eigenvalue weighted by atomic mass is 10.1. The third kappa shape index (κ3) is 0.787. The highest BCUT2D eigenvalue weighted by Gasteiger charge is 2.72. The molecule has 0 amide bonds. The number of sulfone groups is 1. The quantitative estimate of drug-likeness (QED) is 0.510. The number of nitrogens with two attached hydrogens (primary N) is 1. The van der Waals surface area contributed by atoms with E-state index < -0.39 is 15.4 Å². The van der Waals surface area contributed by atoms with E-state index in [-0.39, 0.29) is 23.5 Å². The third-order valence-electron chi connectivity index (χ3n) is 2.86. The van der Waals surface area contributed by atoms with Crippen LogP contribution in [0.1, 0.15) is 6.42 Å². The van der Waals surface area contributed by atoms with Crippen LogP contribution in [-0.4, -0.2) is 37.2 Å². The van der Waals surface area contributed by atoms with E-state index in [1.54, 1.807) is 0 Å². The Kier molecular flexibility index (Phi) is 1.11. The van der Waals surface area contributed by atoms with Gasteiger partial charge in [0.25, 0.3) is 0 Å². The summed E-state index contributed by atoms with van der Waals surface area (Å²) >= 11 is 0. The number of aliphatic hydroxyl groups excluding tert-OH is 1. The van der Waals surface area contributed by atoms with Crippen LogP contribution in [0.5, 0.6) is 0 Å². The van der Waals surface area contributed by atoms with Crippen LogP contribution >= 0.6 is 0 Å². The molecular formula is C6H11NO3S. The van der Waals surface area contributed by atoms with Crippen molar-refractivity contribution in [2.75, 3.05) is 18.1 Å². The molecule has 1 aliphatic heterocycles. The largest absolute Gasteiger partial charge is 0.394 e. The lowest BCUT2D eigenvalue weighted by molar-refractivity contribution is 0.231. The van der Waals surface area contributed by atoms with Gasteiger partial charge >= 0.3 is 0 Å². The summed E-state index contributed by atoms with van der Waals surface area (Å²) in [6, 6.07) is 0. The molecule has 2 fully saturated rings. The molecule has 1 saturated heterocycles. The molecule has 11 heavy (non-hydrogen) atoms. The van der Waals surface area contributed by atoms with Crippen LogP contribution in [0.2, 0.25) is 0 Å². The van der Waals surface area contributed by atoms with E-state index in [0.717, 1.165) is 0 Å². The van der Waals surface area contributed by atoms with Crippen LogP contribution in [0.4, 0.5) is 0 Å². The van der Waals surface area contributed by atoms with Gasteiger partial charge in [0.15, 0.2) is 9.84 Å². The molecule has 2 aliphatic rings. The van der Waals surface area contributed by atoms with Gasteiger partial charge in [-0.3, -0.25) is 0 Å². The van der Waals surface area contributed by atoms with E-state index in [1.165, 1.54) is 0 Å². The summed E-state index contributed by atoms with van der Waals surface area (Å²) in [5.74, 6) is 0.355. The minimum Gasteiger partial charge on any atom is -0.394 e. The van der Waals surface area contributed by atoms with Gasteiger partial charge in [-0.2, -0.15) is 0 Å². The van der Waals surface area contributed by atoms with Crippen molar-refractivity contribution in [1.82, 2.24) is 0 Å². The summed E-state index contributed by atoms with van der Waals surface area (Å²) in [5.41, 5.74) is 4.86. The summed E-state index contributed by atoms with van der Waals surface area (Å²) in [7, 11) is -2.80. The van der Waals surface area contributed by atoms with Gasteiger partial charge in [-0.1, -0.05) is 0 Å². The Hall–Kier alpha value is -0.130. The van der Waals surface area contributed by atoms with E-state index in [4.69, 9.17) is 10.8 Å². The molecule has 0 aromatic heterocycles. The maximum absolute atomic E-state index is 10.8. The average Bonchev–Trinajstić information content (AvgIpc) is 2.36. The Morgan fingerprint density at radius 2 is 2.00 bits per heavy atom. The van der Waals surface area contributed by atoms with Crippen LogP contribution in [-0.2, 0) is 9.84 Å². The molecular weight excluding hydrogens is 166 g/mol. The summed E-state index contributed by atoms with van der Waals surface area (Å²) in [4.78, 5) is 0. The zero-order valence-electron chi connectivity index (χ0n) is 6.08. The van der Waals surface area contributed by atoms with Crippen molar-refractivity contribution in [3.63, 3.8) is 0 Å². The first kappa shape index (κ1) is 7.52. The zero-order chi connectivity index (χ0) is 8.33. The van der Waals surface area contributed by atoms with Crippen molar-refractivity contribution in [1.29, 1.82) is 0 Å². The smallest absolute Gasteiger partial charge is 0.151 e. The fourth-order valence-corrected chi connectivity index (χ4v) is 4.35. The number of aliphatic hydroxyl groups is 1. The first-order chi connectivity index (χ1) is 4.93. The van der Waals surface area contributed by atoms with Gasteiger partial charge in [-0.05, 0) is 6.42 Å². The molecule has 0 aromatic rings. The van der Waals surface area contributed by atoms with Crippen molar-refractivity contribution in [2.45, 2.75) is 12.0 Å². The predicted octanol–water partition coefficient (Wildman–Crippen LogP) is -1.51. The highest BCUT2D eigenvalue weighted by molar-refractivity contribution is 7.92. The molecule has 1 saturated carbocycles. The number of hydrogen-bond acceptors (Lipinski definition) is 4. The Morgan fingerprint density at radius 1 is 1.45 bits per heavy atom. The van der Waals surface area contributed by atoms with Crippen LogP contribution in [0.15, 0.2) is 0 Å². The summed E-state index contributed by atoms with van der Waals surface area (Å²) in [6.45, 7) is -0.0947. The molecule has 1 atom stereocenters. The first-order valence-corrected chi connectivity index (χ1v) is 5.35. The maximum atomic E-state index is 10.8. The minimum absolute atomic E-state index is 0.0947. The Balaban J connectivity index is 2.13. The molecule has 1 aliphatic carbocycles. The number of rotatable bonds is 1. The third-order valence-corrected chi connectivity index (χ3v) is 4.84. The first-order valence-electron chi connectivity index (χ1n) is 3.53. The van der Waals surface area contributed by atoms with Gasteiger partial charge in [0.2, 0.25) is 0 Å². The molecule has 64 valence electrons. The normalized spacial score (nSPS) is 43.5. The molecule has 5 heteroatoms. The van der Waals surface area contributed by atoms with Gasteiger partial charge < -0.3 is 10.8 Å². The fourth-order valence-electron chi connectivity index (χ4n) is 1.97. The van der Waals surface area contributed by atoms with E-state index in [2.05, 4.69) is 0 Å². The van der Waals surface area contributed by atoms with Crippen LogP contribution < -0.4 is 5.73 Å². The van der Waals surface area contributed by atoms with Crippen LogP contribution in [0, 0.1) is 5.41 Å². The van der Waals surface area contributed by atoms with Gasteiger partial charge in [-0.15, -0.1) is 0 Å². The molecule has 4 nitrogen and oxygen atoms in total. The second-order valence-electron chi connectivity index (χ2n) is 3.80. The zero-order valence-corrected chi connectivity index (χ0v) is 6.89. The minimum atomic E-state index is -2.80. The van der Waals surface area contributed by atoms with E-state index in [0.29, 0.717) is 6.42 Å². The lowest BCUT2D eigenvalue weighted by Gasteiger charge is -2.29. The second-order valence-corrected chi connectivity index (χ2v) is 5.87.